The number of hydrogen-bond acceptors (Lipinski definition) is 5. The molecule has 9 heteroatoms. The first-order valence-corrected chi connectivity index (χ1v) is 9.57. The molecular weight excluding hydrogens is 342 g/mol. The molecule has 25 heavy (non-hydrogen) atoms. The topological polar surface area (TPSA) is 108 Å². The van der Waals surface area contributed by atoms with Crippen LogP contribution in [0.5, 0.6) is 0 Å². The minimum Gasteiger partial charge on any atom is -0.291 e. The highest BCUT2D eigenvalue weighted by Crippen LogP contribution is 2.27. The molecule has 3 rings (SSSR count). The maximum Gasteiger partial charge on any atom is 0.258 e. The van der Waals surface area contributed by atoms with Crippen molar-refractivity contribution < 1.29 is 13.2 Å². The molecule has 0 unspecified atom stereocenters. The number of aromatic amines is 1. The molecule has 1 saturated heterocycles. The molecular formula is C16H21N5O3S. The van der Waals surface area contributed by atoms with Crippen LogP contribution in [0.2, 0.25) is 0 Å². The molecule has 0 bridgehead atoms. The van der Waals surface area contributed by atoms with Crippen LogP contribution in [0.25, 0.3) is 0 Å². The number of benzene rings is 1. The van der Waals surface area contributed by atoms with E-state index in [0.29, 0.717) is 24.9 Å². The average molecular weight is 363 g/mol. The van der Waals surface area contributed by atoms with Gasteiger partial charge in [-0.25, -0.2) is 13.5 Å². The highest BCUT2D eigenvalue weighted by molar-refractivity contribution is 7.89. The van der Waals surface area contributed by atoms with E-state index in [0.717, 1.165) is 6.42 Å². The summed E-state index contributed by atoms with van der Waals surface area (Å²) in [5.74, 6) is 0.388. The Kier molecular flexibility index (Phi) is 4.87. The number of hydrogen-bond donors (Lipinski definition) is 2. The average Bonchev–Trinajstić information content (AvgIpc) is 3.07. The highest BCUT2D eigenvalue weighted by atomic mass is 32.2. The van der Waals surface area contributed by atoms with Crippen molar-refractivity contribution in [3.63, 3.8) is 0 Å². The van der Waals surface area contributed by atoms with Crippen molar-refractivity contribution in [3.8, 4) is 0 Å². The maximum atomic E-state index is 12.9. The number of nitrogens with one attached hydrogen (secondary N) is 2. The first-order chi connectivity index (χ1) is 11.9. The van der Waals surface area contributed by atoms with Crippen LogP contribution in [0.4, 0.5) is 5.95 Å². The van der Waals surface area contributed by atoms with Crippen molar-refractivity contribution in [1.29, 1.82) is 0 Å². The number of piperidine rings is 1. The highest BCUT2D eigenvalue weighted by Gasteiger charge is 2.31. The number of amides is 1. The van der Waals surface area contributed by atoms with Crippen LogP contribution < -0.4 is 5.32 Å². The maximum absolute atomic E-state index is 12.9. The lowest BCUT2D eigenvalue weighted by Crippen LogP contribution is -2.42. The minimum atomic E-state index is -3.63. The molecule has 2 N–H and O–H groups in total. The van der Waals surface area contributed by atoms with E-state index in [9.17, 15) is 13.2 Å². The number of anilines is 1. The zero-order valence-corrected chi connectivity index (χ0v) is 15.0. The second-order valence-corrected chi connectivity index (χ2v) is 8.52. The van der Waals surface area contributed by atoms with E-state index in [1.54, 1.807) is 12.1 Å². The van der Waals surface area contributed by atoms with Crippen molar-refractivity contribution in [2.75, 3.05) is 18.4 Å². The second-order valence-electron chi connectivity index (χ2n) is 6.58. The molecule has 2 heterocycles. The molecule has 2 atom stereocenters. The van der Waals surface area contributed by atoms with Gasteiger partial charge in [-0.2, -0.15) is 14.4 Å². The van der Waals surface area contributed by atoms with Gasteiger partial charge in [0.1, 0.15) is 6.33 Å². The van der Waals surface area contributed by atoms with E-state index in [-0.39, 0.29) is 16.4 Å². The lowest BCUT2D eigenvalue weighted by molar-refractivity contribution is 0.102. The normalized spacial score (nSPS) is 21.8. The number of carbonyl (C=O) groups is 1. The van der Waals surface area contributed by atoms with Crippen LogP contribution in [0, 0.1) is 11.8 Å². The Morgan fingerprint density at radius 3 is 2.64 bits per heavy atom. The third-order valence-electron chi connectivity index (χ3n) is 4.22. The predicted octanol–water partition coefficient (Wildman–Crippen LogP) is 1.72. The van der Waals surface area contributed by atoms with Gasteiger partial charge in [-0.3, -0.25) is 10.1 Å². The summed E-state index contributed by atoms with van der Waals surface area (Å²) < 4.78 is 27.4. The summed E-state index contributed by atoms with van der Waals surface area (Å²) in [6.45, 7) is 5.11. The van der Waals surface area contributed by atoms with E-state index >= 15 is 0 Å². The van der Waals surface area contributed by atoms with E-state index in [1.165, 1.54) is 22.8 Å². The van der Waals surface area contributed by atoms with Crippen LogP contribution in [-0.4, -0.2) is 46.9 Å². The van der Waals surface area contributed by atoms with Crippen LogP contribution in [-0.2, 0) is 10.0 Å². The predicted molar refractivity (Wildman–Crippen MR) is 92.5 cm³/mol. The Hall–Kier alpha value is -2.26. The molecule has 2 aromatic rings. The van der Waals surface area contributed by atoms with E-state index in [4.69, 9.17) is 0 Å². The Morgan fingerprint density at radius 2 is 2.00 bits per heavy atom. The summed E-state index contributed by atoms with van der Waals surface area (Å²) in [6.07, 6.45) is 2.29. The molecule has 0 aliphatic carbocycles. The molecule has 1 amide bonds. The Labute approximate surface area is 146 Å². The summed E-state index contributed by atoms with van der Waals surface area (Å²) in [4.78, 5) is 16.2. The van der Waals surface area contributed by atoms with Gasteiger partial charge in [-0.15, -0.1) is 0 Å². The third-order valence-corrected chi connectivity index (χ3v) is 6.04. The van der Waals surface area contributed by atoms with Gasteiger partial charge in [0.2, 0.25) is 16.0 Å². The van der Waals surface area contributed by atoms with Gasteiger partial charge in [-0.05, 0) is 36.5 Å². The van der Waals surface area contributed by atoms with Crippen LogP contribution in [0.3, 0.4) is 0 Å². The molecule has 1 fully saturated rings. The van der Waals surface area contributed by atoms with Crippen molar-refractivity contribution >= 4 is 21.9 Å². The number of carbonyl (C=O) groups excluding carboxylic acids is 1. The summed E-state index contributed by atoms with van der Waals surface area (Å²) in [5, 5.41) is 8.71. The Bertz CT molecular complexity index is 840. The first-order valence-electron chi connectivity index (χ1n) is 8.13. The molecule has 1 aromatic heterocycles. The monoisotopic (exact) mass is 363 g/mol. The first kappa shape index (κ1) is 17.6. The standard InChI is InChI=1S/C16H21N5O3S/c1-11-6-12(2)9-21(8-11)25(23,24)14-5-3-4-13(7-14)15(22)19-16-17-10-18-20-16/h3-5,7,10-12H,6,8-9H2,1-2H3,(H2,17,18,19,20,22)/t11-,12-/m1/s1. The van der Waals surface area contributed by atoms with Gasteiger partial charge < -0.3 is 0 Å². The molecule has 1 aliphatic rings. The number of H-pyrrole nitrogens is 1. The van der Waals surface area contributed by atoms with Gasteiger partial charge in [0, 0.05) is 18.7 Å². The lowest BCUT2D eigenvalue weighted by atomic mass is 9.94. The van der Waals surface area contributed by atoms with Crippen molar-refractivity contribution in [1.82, 2.24) is 19.5 Å². The summed E-state index contributed by atoms with van der Waals surface area (Å²) in [7, 11) is -3.63. The molecule has 1 aromatic carbocycles. The summed E-state index contributed by atoms with van der Waals surface area (Å²) in [6, 6.07) is 6.04. The summed E-state index contributed by atoms with van der Waals surface area (Å²) in [5.41, 5.74) is 0.246. The number of sulfonamides is 1. The fraction of sp³-hybridized carbons (Fsp3) is 0.438. The van der Waals surface area contributed by atoms with Gasteiger partial charge >= 0.3 is 0 Å². The van der Waals surface area contributed by atoms with E-state index in [2.05, 4.69) is 34.3 Å². The number of nitrogens with zero attached hydrogens (tertiary/aromatic N) is 3. The lowest BCUT2D eigenvalue weighted by Gasteiger charge is -2.34. The quantitative estimate of drug-likeness (QED) is 0.860. The zero-order valence-electron chi connectivity index (χ0n) is 14.1. The molecule has 0 saturated carbocycles. The number of rotatable bonds is 4. The molecule has 8 nitrogen and oxygen atoms in total. The number of aromatic nitrogens is 3. The van der Waals surface area contributed by atoms with Crippen molar-refractivity contribution in [2.45, 2.75) is 25.2 Å². The molecule has 134 valence electrons. The summed E-state index contributed by atoms with van der Waals surface area (Å²) >= 11 is 0. The van der Waals surface area contributed by atoms with Crippen LogP contribution in [0.15, 0.2) is 35.5 Å². The van der Waals surface area contributed by atoms with Gasteiger partial charge in [0.25, 0.3) is 5.91 Å². The largest absolute Gasteiger partial charge is 0.291 e. The minimum absolute atomic E-state index is 0.124. The molecule has 1 aliphatic heterocycles. The van der Waals surface area contributed by atoms with Gasteiger partial charge in [-0.1, -0.05) is 19.9 Å². The van der Waals surface area contributed by atoms with Gasteiger partial charge in [0.15, 0.2) is 0 Å². The smallest absolute Gasteiger partial charge is 0.258 e. The zero-order chi connectivity index (χ0) is 18.0. The fourth-order valence-electron chi connectivity index (χ4n) is 3.19. The SMILES string of the molecule is C[C@@H]1C[C@@H](C)CN(S(=O)(=O)c2cccc(C(=O)Nc3ncn[nH]3)c2)C1. The second kappa shape index (κ2) is 6.93. The van der Waals surface area contributed by atoms with E-state index < -0.39 is 15.9 Å². The van der Waals surface area contributed by atoms with Crippen LogP contribution >= 0.6 is 0 Å². The molecule has 0 radical (unpaired) electrons. The molecule has 0 spiro atoms. The Balaban J connectivity index is 1.83. The fourth-order valence-corrected chi connectivity index (χ4v) is 4.92. The van der Waals surface area contributed by atoms with Crippen LogP contribution in [0.1, 0.15) is 30.6 Å². The van der Waals surface area contributed by atoms with Gasteiger partial charge in [0.05, 0.1) is 4.90 Å². The Morgan fingerprint density at radius 1 is 1.28 bits per heavy atom. The third kappa shape index (κ3) is 3.88. The van der Waals surface area contributed by atoms with Crippen molar-refractivity contribution in [3.05, 3.63) is 36.2 Å². The van der Waals surface area contributed by atoms with Crippen molar-refractivity contribution in [2.24, 2.45) is 11.8 Å². The van der Waals surface area contributed by atoms with E-state index in [1.807, 2.05) is 0 Å².